The van der Waals surface area contributed by atoms with Gasteiger partial charge in [0.2, 0.25) is 0 Å². The fourth-order valence-corrected chi connectivity index (χ4v) is 1.79. The van der Waals surface area contributed by atoms with Gasteiger partial charge in [-0.15, -0.1) is 0 Å². The Hall–Kier alpha value is -0.661. The molecule has 0 fully saturated rings. The molecule has 2 nitrogen and oxygen atoms in total. The molecule has 0 bridgehead atoms. The van der Waals surface area contributed by atoms with Crippen molar-refractivity contribution in [3.63, 3.8) is 0 Å². The van der Waals surface area contributed by atoms with Gasteiger partial charge in [0.1, 0.15) is 0 Å². The van der Waals surface area contributed by atoms with E-state index in [2.05, 4.69) is 16.0 Å². The van der Waals surface area contributed by atoms with Gasteiger partial charge < -0.3 is 0 Å². The van der Waals surface area contributed by atoms with Crippen molar-refractivity contribution in [2.24, 2.45) is 0 Å². The van der Waals surface area contributed by atoms with Crippen molar-refractivity contribution >= 4 is 16.0 Å². The zero-order valence-corrected chi connectivity index (χ0v) is 8.20. The number of phenols is 1. The summed E-state index contributed by atoms with van der Waals surface area (Å²) in [4.78, 5) is 0. The van der Waals surface area contributed by atoms with Crippen LogP contribution in [0.4, 0.5) is 0 Å². The van der Waals surface area contributed by atoms with E-state index < -0.39 is 0 Å². The van der Waals surface area contributed by atoms with Crippen LogP contribution in [-0.2, 0) is 6.42 Å². The molecule has 1 radical (unpaired) electrons. The monoisotopic (exact) mass is 229 g/mol. The van der Waals surface area contributed by atoms with Crippen LogP contribution in [0.5, 0.6) is 11.5 Å². The van der Waals surface area contributed by atoms with Crippen molar-refractivity contribution in [1.82, 2.24) is 0 Å². The van der Waals surface area contributed by atoms with E-state index in [1.807, 2.05) is 6.07 Å². The van der Waals surface area contributed by atoms with Gasteiger partial charge >= 0.3 is 79.0 Å². The molecule has 1 N–H and O–H groups in total. The molecule has 0 saturated heterocycles. The van der Waals surface area contributed by atoms with Gasteiger partial charge in [0.25, 0.3) is 0 Å². The summed E-state index contributed by atoms with van der Waals surface area (Å²) in [5.41, 5.74) is 1.11. The molecule has 1 aliphatic rings. The number of rotatable bonds is 1. The molecule has 0 aliphatic carbocycles. The molecule has 1 atom stereocenters. The van der Waals surface area contributed by atoms with Crippen LogP contribution >= 0.6 is 0 Å². The second kappa shape index (κ2) is 3.00. The Kier molecular flexibility index (Phi) is 1.99. The molecule has 1 heterocycles. The second-order valence-corrected chi connectivity index (χ2v) is 3.60. The molecule has 0 aromatic heterocycles. The number of ether oxygens (including phenoxy) is 1. The zero-order valence-electron chi connectivity index (χ0n) is 6.49. The minimum absolute atomic E-state index is 0.252. The van der Waals surface area contributed by atoms with Crippen LogP contribution in [0.25, 0.3) is 0 Å². The summed E-state index contributed by atoms with van der Waals surface area (Å²) in [6.45, 7) is 0. The Morgan fingerprint density at radius 3 is 3.17 bits per heavy atom. The first-order valence-electron chi connectivity index (χ1n) is 3.86. The summed E-state index contributed by atoms with van der Waals surface area (Å²) >= 11 is 2.95. The van der Waals surface area contributed by atoms with Crippen LogP contribution in [0, 0.1) is 0 Å². The maximum atomic E-state index is 9.19. The first-order valence-corrected chi connectivity index (χ1v) is 5.07. The first kappa shape index (κ1) is 7.96. The topological polar surface area (TPSA) is 29.5 Å². The van der Waals surface area contributed by atoms with Crippen LogP contribution < -0.4 is 4.74 Å². The molecule has 1 unspecified atom stereocenters. The molecule has 0 saturated carbocycles. The normalized spacial score (nSPS) is 20.2. The van der Waals surface area contributed by atoms with Crippen LogP contribution in [0.15, 0.2) is 18.2 Å². The van der Waals surface area contributed by atoms with Gasteiger partial charge in [-0.1, -0.05) is 0 Å². The summed E-state index contributed by atoms with van der Waals surface area (Å²) in [7, 11) is 0. The predicted octanol–water partition coefficient (Wildman–Crippen LogP) is 1.28. The van der Waals surface area contributed by atoms with E-state index in [4.69, 9.17) is 4.74 Å². The SMILES string of the molecule is Oc1ccc2c(c1)CC(C[Se])O2. The van der Waals surface area contributed by atoms with E-state index in [0.717, 1.165) is 23.1 Å². The Bertz CT molecular complexity index is 299. The average molecular weight is 228 g/mol. The third-order valence-electron chi connectivity index (χ3n) is 1.97. The number of benzene rings is 1. The minimum atomic E-state index is 0.252. The second-order valence-electron chi connectivity index (χ2n) is 2.90. The number of hydrogen-bond acceptors (Lipinski definition) is 2. The fourth-order valence-electron chi connectivity index (χ4n) is 1.40. The van der Waals surface area contributed by atoms with Gasteiger partial charge in [-0.05, 0) is 0 Å². The van der Waals surface area contributed by atoms with Crippen LogP contribution in [0.2, 0.25) is 5.32 Å². The number of fused-ring (bicyclic) bond motifs is 1. The number of phenolic OH excluding ortho intramolecular Hbond substituents is 1. The van der Waals surface area contributed by atoms with Crippen LogP contribution in [0.3, 0.4) is 0 Å². The predicted molar refractivity (Wildman–Crippen MR) is 46.8 cm³/mol. The van der Waals surface area contributed by atoms with Crippen LogP contribution in [0.1, 0.15) is 5.56 Å². The van der Waals surface area contributed by atoms with Crippen molar-refractivity contribution in [3.05, 3.63) is 23.8 Å². The molecule has 1 aromatic rings. The fraction of sp³-hybridized carbons (Fsp3) is 0.333. The van der Waals surface area contributed by atoms with E-state index in [1.54, 1.807) is 12.1 Å². The van der Waals surface area contributed by atoms with Crippen molar-refractivity contribution in [2.45, 2.75) is 17.8 Å². The van der Waals surface area contributed by atoms with Crippen LogP contribution in [-0.4, -0.2) is 27.2 Å². The number of aromatic hydroxyl groups is 1. The molecule has 0 spiro atoms. The molecule has 1 aromatic carbocycles. The maximum absolute atomic E-state index is 9.19. The van der Waals surface area contributed by atoms with Crippen molar-refractivity contribution < 1.29 is 9.84 Å². The van der Waals surface area contributed by atoms with Gasteiger partial charge in [-0.3, -0.25) is 0 Å². The third-order valence-corrected chi connectivity index (χ3v) is 2.75. The molecular weight excluding hydrogens is 219 g/mol. The molecule has 63 valence electrons. The third kappa shape index (κ3) is 1.30. The standard InChI is InChI=1S/C9H9O2Se/c10-7-1-2-9-6(3-7)4-8(5-12)11-9/h1-3,8,10H,4-5H2. The van der Waals surface area contributed by atoms with Gasteiger partial charge in [0.05, 0.1) is 0 Å². The van der Waals surface area contributed by atoms with Crippen molar-refractivity contribution in [1.29, 1.82) is 0 Å². The summed E-state index contributed by atoms with van der Waals surface area (Å²) in [5, 5.41) is 10.1. The van der Waals surface area contributed by atoms with Crippen molar-refractivity contribution in [3.8, 4) is 11.5 Å². The Morgan fingerprint density at radius 2 is 2.42 bits per heavy atom. The van der Waals surface area contributed by atoms with Gasteiger partial charge in [-0.25, -0.2) is 0 Å². The molecule has 3 heteroatoms. The Balaban J connectivity index is 2.30. The number of hydrogen-bond donors (Lipinski definition) is 1. The molecule has 2 rings (SSSR count). The molecular formula is C9H9O2Se. The summed E-state index contributed by atoms with van der Waals surface area (Å²) < 4.78 is 5.57. The molecule has 1 aliphatic heterocycles. The molecule has 12 heavy (non-hydrogen) atoms. The Morgan fingerprint density at radius 1 is 1.58 bits per heavy atom. The summed E-state index contributed by atoms with van der Waals surface area (Å²) in [6.07, 6.45) is 1.15. The average Bonchev–Trinajstić information content (AvgIpc) is 2.46. The first-order chi connectivity index (χ1) is 5.79. The van der Waals surface area contributed by atoms with Gasteiger partial charge in [0, 0.05) is 0 Å². The zero-order chi connectivity index (χ0) is 8.55. The summed E-state index contributed by atoms with van der Waals surface area (Å²) in [6, 6.07) is 5.24. The van der Waals surface area contributed by atoms with Gasteiger partial charge in [0.15, 0.2) is 0 Å². The van der Waals surface area contributed by atoms with E-state index in [1.165, 1.54) is 0 Å². The van der Waals surface area contributed by atoms with E-state index in [9.17, 15) is 5.11 Å². The van der Waals surface area contributed by atoms with Crippen molar-refractivity contribution in [2.75, 3.05) is 0 Å². The quantitative estimate of drug-likeness (QED) is 0.734. The van der Waals surface area contributed by atoms with E-state index in [0.29, 0.717) is 5.75 Å². The van der Waals surface area contributed by atoms with Gasteiger partial charge in [-0.2, -0.15) is 0 Å². The Labute approximate surface area is 79.4 Å². The molecule has 0 amide bonds. The summed E-state index contributed by atoms with van der Waals surface area (Å²) in [5.74, 6) is 1.23. The van der Waals surface area contributed by atoms with E-state index >= 15 is 0 Å². The van der Waals surface area contributed by atoms with E-state index in [-0.39, 0.29) is 6.10 Å².